The van der Waals surface area contributed by atoms with Crippen LogP contribution in [-0.2, 0) is 20.7 Å². The summed E-state index contributed by atoms with van der Waals surface area (Å²) < 4.78 is 15.5. The number of hydrogen-bond donors (Lipinski definition) is 2. The molecule has 0 spiro atoms. The Bertz CT molecular complexity index is 569. The van der Waals surface area contributed by atoms with Crippen molar-refractivity contribution in [2.24, 2.45) is 5.73 Å². The lowest BCUT2D eigenvalue weighted by Crippen LogP contribution is -2.63. The molecule has 1 aromatic rings. The lowest BCUT2D eigenvalue weighted by atomic mass is 9.92. The lowest BCUT2D eigenvalue weighted by Gasteiger charge is -2.41. The summed E-state index contributed by atoms with van der Waals surface area (Å²) in [5.41, 5.74) is 5.32. The summed E-state index contributed by atoms with van der Waals surface area (Å²) in [6, 6.07) is 5.28. The minimum atomic E-state index is -0.667. The third-order valence-electron chi connectivity index (χ3n) is 3.49. The largest absolute Gasteiger partial charge is 0.493 e. The van der Waals surface area contributed by atoms with Crippen LogP contribution in [0.4, 0.5) is 0 Å². The second-order valence-corrected chi connectivity index (χ2v) is 5.33. The van der Waals surface area contributed by atoms with Gasteiger partial charge < -0.3 is 25.3 Å². The average molecular weight is 308 g/mol. The van der Waals surface area contributed by atoms with Crippen LogP contribution in [-0.4, -0.2) is 44.8 Å². The van der Waals surface area contributed by atoms with E-state index in [0.717, 1.165) is 5.56 Å². The Balaban J connectivity index is 2.01. The van der Waals surface area contributed by atoms with Crippen LogP contribution in [0.5, 0.6) is 11.5 Å². The fraction of sp³-hybridized carbons (Fsp3) is 0.467. The van der Waals surface area contributed by atoms with Gasteiger partial charge in [0.25, 0.3) is 0 Å². The molecule has 2 amide bonds. The van der Waals surface area contributed by atoms with Crippen LogP contribution in [0, 0.1) is 0 Å². The zero-order valence-electron chi connectivity index (χ0n) is 12.7. The molecule has 22 heavy (non-hydrogen) atoms. The molecule has 1 fully saturated rings. The van der Waals surface area contributed by atoms with Crippen LogP contribution in [0.25, 0.3) is 0 Å². The molecule has 1 aliphatic rings. The van der Waals surface area contributed by atoms with E-state index in [-0.39, 0.29) is 18.7 Å². The highest BCUT2D eigenvalue weighted by Crippen LogP contribution is 2.28. The van der Waals surface area contributed by atoms with Crippen molar-refractivity contribution in [1.29, 1.82) is 0 Å². The van der Waals surface area contributed by atoms with Gasteiger partial charge >= 0.3 is 0 Å². The second kappa shape index (κ2) is 6.65. The van der Waals surface area contributed by atoms with Gasteiger partial charge in [-0.2, -0.15) is 0 Å². The van der Waals surface area contributed by atoms with E-state index in [2.05, 4.69) is 5.32 Å². The molecule has 0 saturated carbocycles. The van der Waals surface area contributed by atoms with E-state index in [0.29, 0.717) is 24.7 Å². The highest BCUT2D eigenvalue weighted by molar-refractivity contribution is 5.82. The molecule has 0 aliphatic carbocycles. The quantitative estimate of drug-likeness (QED) is 0.739. The smallest absolute Gasteiger partial charge is 0.225 e. The highest BCUT2D eigenvalue weighted by Gasteiger charge is 2.41. The first-order chi connectivity index (χ1) is 10.5. The first-order valence-electron chi connectivity index (χ1n) is 6.86. The maximum Gasteiger partial charge on any atom is 0.225 e. The fourth-order valence-electron chi connectivity index (χ4n) is 2.42. The molecular weight excluding hydrogens is 288 g/mol. The number of hydrogen-bond acceptors (Lipinski definition) is 5. The molecule has 7 heteroatoms. The molecular formula is C15H20N2O5. The predicted octanol–water partition coefficient (Wildman–Crippen LogP) is 0.00690. The summed E-state index contributed by atoms with van der Waals surface area (Å²) >= 11 is 0. The van der Waals surface area contributed by atoms with Crippen LogP contribution in [0.2, 0.25) is 0 Å². The fourth-order valence-corrected chi connectivity index (χ4v) is 2.42. The summed E-state index contributed by atoms with van der Waals surface area (Å²) in [7, 11) is 3.09. The predicted molar refractivity (Wildman–Crippen MR) is 78.8 cm³/mol. The van der Waals surface area contributed by atoms with Crippen molar-refractivity contribution in [3.8, 4) is 11.5 Å². The Morgan fingerprint density at radius 3 is 2.45 bits per heavy atom. The number of nitrogens with one attached hydrogen (secondary N) is 1. The standard InChI is InChI=1S/C15H20N2O5/c1-20-11-4-3-10(5-12(11)21-2)6-14(19)17-15(7-13(16)18)8-22-9-15/h3-5H,6-9H2,1-2H3,(H2,16,18)(H,17,19). The molecule has 2 rings (SSSR count). The summed E-state index contributed by atoms with van der Waals surface area (Å²) in [6.07, 6.45) is 0.242. The molecule has 1 heterocycles. The number of methoxy groups -OCH3 is 2. The van der Waals surface area contributed by atoms with Crippen molar-refractivity contribution in [3.63, 3.8) is 0 Å². The number of benzene rings is 1. The molecule has 0 aromatic heterocycles. The van der Waals surface area contributed by atoms with E-state index in [1.165, 1.54) is 7.11 Å². The third-order valence-corrected chi connectivity index (χ3v) is 3.49. The molecule has 0 unspecified atom stereocenters. The third kappa shape index (κ3) is 3.67. The monoisotopic (exact) mass is 308 g/mol. The van der Waals surface area contributed by atoms with Crippen LogP contribution in [0.1, 0.15) is 12.0 Å². The van der Waals surface area contributed by atoms with E-state index < -0.39 is 11.4 Å². The maximum absolute atomic E-state index is 12.2. The zero-order valence-corrected chi connectivity index (χ0v) is 12.7. The van der Waals surface area contributed by atoms with Crippen molar-refractivity contribution in [1.82, 2.24) is 5.32 Å². The van der Waals surface area contributed by atoms with Gasteiger partial charge in [-0.15, -0.1) is 0 Å². The van der Waals surface area contributed by atoms with Crippen molar-refractivity contribution < 1.29 is 23.8 Å². The Morgan fingerprint density at radius 1 is 1.27 bits per heavy atom. The first kappa shape index (κ1) is 16.1. The van der Waals surface area contributed by atoms with Gasteiger partial charge in [-0.25, -0.2) is 0 Å². The average Bonchev–Trinajstić information content (AvgIpc) is 2.44. The van der Waals surface area contributed by atoms with Gasteiger partial charge in [0.1, 0.15) is 0 Å². The van der Waals surface area contributed by atoms with E-state index in [9.17, 15) is 9.59 Å². The Labute approximate surface area is 128 Å². The Kier molecular flexibility index (Phi) is 4.87. The summed E-state index contributed by atoms with van der Waals surface area (Å²) in [6.45, 7) is 0.598. The molecule has 7 nitrogen and oxygen atoms in total. The molecule has 0 radical (unpaired) electrons. The first-order valence-corrected chi connectivity index (χ1v) is 6.86. The second-order valence-electron chi connectivity index (χ2n) is 5.33. The summed E-state index contributed by atoms with van der Waals surface area (Å²) in [5, 5.41) is 2.84. The summed E-state index contributed by atoms with van der Waals surface area (Å²) in [4.78, 5) is 23.3. The molecule has 1 saturated heterocycles. The zero-order chi connectivity index (χ0) is 16.2. The molecule has 0 atom stereocenters. The van der Waals surface area contributed by atoms with Gasteiger partial charge in [0.2, 0.25) is 11.8 Å². The SMILES string of the molecule is COc1ccc(CC(=O)NC2(CC(N)=O)COC2)cc1OC. The van der Waals surface area contributed by atoms with Gasteiger partial charge in [0.15, 0.2) is 11.5 Å². The minimum Gasteiger partial charge on any atom is -0.493 e. The van der Waals surface area contributed by atoms with Crippen molar-refractivity contribution >= 4 is 11.8 Å². The number of ether oxygens (including phenoxy) is 3. The van der Waals surface area contributed by atoms with E-state index in [4.69, 9.17) is 19.9 Å². The van der Waals surface area contributed by atoms with Crippen LogP contribution in [0.3, 0.4) is 0 Å². The van der Waals surface area contributed by atoms with Crippen molar-refractivity contribution in [3.05, 3.63) is 23.8 Å². The maximum atomic E-state index is 12.2. The van der Waals surface area contributed by atoms with Crippen molar-refractivity contribution in [2.75, 3.05) is 27.4 Å². The van der Waals surface area contributed by atoms with Crippen LogP contribution >= 0.6 is 0 Å². The number of primary amides is 1. The van der Waals surface area contributed by atoms with Crippen LogP contribution in [0.15, 0.2) is 18.2 Å². The molecule has 0 bridgehead atoms. The van der Waals surface area contributed by atoms with E-state index in [1.54, 1.807) is 25.3 Å². The molecule has 1 aliphatic heterocycles. The highest BCUT2D eigenvalue weighted by atomic mass is 16.5. The van der Waals surface area contributed by atoms with Gasteiger partial charge in [0, 0.05) is 0 Å². The number of carbonyl (C=O) groups excluding carboxylic acids is 2. The van der Waals surface area contributed by atoms with E-state index in [1.807, 2.05) is 0 Å². The lowest BCUT2D eigenvalue weighted by molar-refractivity contribution is -0.137. The molecule has 3 N–H and O–H groups in total. The van der Waals surface area contributed by atoms with Crippen LogP contribution < -0.4 is 20.5 Å². The molecule has 1 aromatic carbocycles. The van der Waals surface area contributed by atoms with Crippen molar-refractivity contribution in [2.45, 2.75) is 18.4 Å². The van der Waals surface area contributed by atoms with E-state index >= 15 is 0 Å². The normalized spacial score (nSPS) is 15.5. The van der Waals surface area contributed by atoms with Gasteiger partial charge in [-0.05, 0) is 17.7 Å². The summed E-state index contributed by atoms with van der Waals surface area (Å²) in [5.74, 6) is 0.502. The number of nitrogens with two attached hydrogens (primary N) is 1. The number of carbonyl (C=O) groups is 2. The van der Waals surface area contributed by atoms with Gasteiger partial charge in [-0.3, -0.25) is 9.59 Å². The Morgan fingerprint density at radius 2 is 1.95 bits per heavy atom. The molecule has 120 valence electrons. The Hall–Kier alpha value is -2.28. The van der Waals surface area contributed by atoms with Gasteiger partial charge in [0.05, 0.1) is 45.8 Å². The van der Waals surface area contributed by atoms with Gasteiger partial charge in [-0.1, -0.05) is 6.07 Å². The number of rotatable bonds is 7. The topological polar surface area (TPSA) is 99.9 Å². The number of amides is 2. The minimum absolute atomic E-state index is 0.0741.